The summed E-state index contributed by atoms with van der Waals surface area (Å²) in [6, 6.07) is 2.27. The lowest BCUT2D eigenvalue weighted by molar-refractivity contribution is 0.898. The van der Waals surface area contributed by atoms with Crippen molar-refractivity contribution < 1.29 is 0 Å². The van der Waals surface area contributed by atoms with E-state index >= 15 is 0 Å². The minimum atomic E-state index is 0.388. The number of rotatable bonds is 2. The van der Waals surface area contributed by atoms with Crippen molar-refractivity contribution in [1.29, 1.82) is 0 Å². The molecule has 1 N–H and O–H groups in total. The molecule has 0 saturated carbocycles. The maximum atomic E-state index is 5.30. The molecule has 0 saturated heterocycles. The molecule has 1 rings (SSSR count). The normalized spacial score (nSPS) is 9.50. The van der Waals surface area contributed by atoms with Gasteiger partial charge in [-0.05, 0) is 19.9 Å². The Morgan fingerprint density at radius 2 is 2.33 bits per heavy atom. The van der Waals surface area contributed by atoms with Crippen molar-refractivity contribution in [3.63, 3.8) is 0 Å². The number of terminal acetylenes is 1. The van der Waals surface area contributed by atoms with Gasteiger partial charge < -0.3 is 5.32 Å². The number of nitrogens with zero attached hydrogens (tertiary/aromatic N) is 1. The first-order valence-electron chi connectivity index (χ1n) is 3.91. The van der Waals surface area contributed by atoms with Crippen molar-refractivity contribution in [2.75, 3.05) is 5.32 Å². The van der Waals surface area contributed by atoms with Gasteiger partial charge in [-0.15, -0.1) is 6.42 Å². The Hall–Kier alpha value is -1.49. The van der Waals surface area contributed by atoms with Gasteiger partial charge in [-0.3, -0.25) is 4.98 Å². The van der Waals surface area contributed by atoms with Crippen molar-refractivity contribution in [2.24, 2.45) is 0 Å². The number of pyridine rings is 1. The Morgan fingerprint density at radius 3 is 2.92 bits per heavy atom. The van der Waals surface area contributed by atoms with Crippen LogP contribution in [0.4, 0.5) is 5.69 Å². The maximum Gasteiger partial charge on any atom is 0.0657 e. The number of nitrogens with one attached hydrogen (secondary N) is 1. The lowest BCUT2D eigenvalue weighted by Crippen LogP contribution is -2.10. The van der Waals surface area contributed by atoms with E-state index in [4.69, 9.17) is 6.42 Å². The molecule has 2 heteroatoms. The highest BCUT2D eigenvalue weighted by Crippen LogP contribution is 2.12. The average Bonchev–Trinajstić information content (AvgIpc) is 2.04. The molecule has 0 spiro atoms. The lowest BCUT2D eigenvalue weighted by atomic mass is 10.2. The summed E-state index contributed by atoms with van der Waals surface area (Å²) in [6.45, 7) is 4.14. The van der Waals surface area contributed by atoms with Gasteiger partial charge in [-0.1, -0.05) is 5.92 Å². The molecule has 1 aromatic rings. The summed E-state index contributed by atoms with van der Waals surface area (Å²) in [4.78, 5) is 3.94. The van der Waals surface area contributed by atoms with Crippen LogP contribution in [0.15, 0.2) is 18.5 Å². The van der Waals surface area contributed by atoms with Crippen LogP contribution in [0.5, 0.6) is 0 Å². The van der Waals surface area contributed by atoms with Crippen LogP contribution in [0.1, 0.15) is 19.4 Å². The van der Waals surface area contributed by atoms with Crippen molar-refractivity contribution in [3.8, 4) is 12.3 Å². The monoisotopic (exact) mass is 160 g/mol. The molecule has 1 aromatic heterocycles. The summed E-state index contributed by atoms with van der Waals surface area (Å²) in [5.74, 6) is 2.58. The zero-order valence-corrected chi connectivity index (χ0v) is 7.33. The van der Waals surface area contributed by atoms with E-state index in [1.165, 1.54) is 0 Å². The van der Waals surface area contributed by atoms with Crippen LogP contribution in [0.25, 0.3) is 0 Å². The molecule has 0 aliphatic carbocycles. The van der Waals surface area contributed by atoms with Gasteiger partial charge in [-0.2, -0.15) is 0 Å². The molecule has 12 heavy (non-hydrogen) atoms. The quantitative estimate of drug-likeness (QED) is 0.668. The highest BCUT2D eigenvalue weighted by Gasteiger charge is 1.99. The third-order valence-corrected chi connectivity index (χ3v) is 1.42. The topological polar surface area (TPSA) is 24.9 Å². The van der Waals surface area contributed by atoms with Gasteiger partial charge in [0.05, 0.1) is 11.3 Å². The van der Waals surface area contributed by atoms with E-state index in [0.29, 0.717) is 6.04 Å². The van der Waals surface area contributed by atoms with Crippen molar-refractivity contribution >= 4 is 5.69 Å². The number of aromatic nitrogens is 1. The molecular formula is C10H12N2. The molecule has 1 heterocycles. The SMILES string of the molecule is C#Cc1cnccc1NC(C)C. The predicted molar refractivity (Wildman–Crippen MR) is 50.9 cm³/mol. The molecule has 62 valence electrons. The summed E-state index contributed by atoms with van der Waals surface area (Å²) < 4.78 is 0. The first-order valence-corrected chi connectivity index (χ1v) is 3.91. The van der Waals surface area contributed by atoms with Gasteiger partial charge in [0.15, 0.2) is 0 Å². The van der Waals surface area contributed by atoms with Gasteiger partial charge in [-0.25, -0.2) is 0 Å². The maximum absolute atomic E-state index is 5.30. The van der Waals surface area contributed by atoms with Crippen LogP contribution in [-0.4, -0.2) is 11.0 Å². The summed E-state index contributed by atoms with van der Waals surface area (Å²) in [5, 5.41) is 3.24. The standard InChI is InChI=1S/C10H12N2/c1-4-9-7-11-6-5-10(9)12-8(2)3/h1,5-8H,2-3H3,(H,11,12). The molecule has 0 aromatic carbocycles. The summed E-state index contributed by atoms with van der Waals surface area (Å²) in [7, 11) is 0. The van der Waals surface area contributed by atoms with Gasteiger partial charge in [0.2, 0.25) is 0 Å². The van der Waals surface area contributed by atoms with Crippen LogP contribution >= 0.6 is 0 Å². The second-order valence-corrected chi connectivity index (χ2v) is 2.86. The fraction of sp³-hybridized carbons (Fsp3) is 0.300. The molecule has 0 bridgehead atoms. The van der Waals surface area contributed by atoms with Crippen LogP contribution in [0.2, 0.25) is 0 Å². The van der Waals surface area contributed by atoms with Gasteiger partial charge in [0.25, 0.3) is 0 Å². The molecule has 0 radical (unpaired) electrons. The largest absolute Gasteiger partial charge is 0.382 e. The van der Waals surface area contributed by atoms with Gasteiger partial charge in [0.1, 0.15) is 0 Å². The molecule has 0 aliphatic rings. The Labute approximate surface area is 73.0 Å². The minimum Gasteiger partial charge on any atom is -0.382 e. The van der Waals surface area contributed by atoms with Crippen LogP contribution < -0.4 is 5.32 Å². The van der Waals surface area contributed by atoms with Crippen LogP contribution in [0.3, 0.4) is 0 Å². The summed E-state index contributed by atoms with van der Waals surface area (Å²) in [6.07, 6.45) is 8.71. The van der Waals surface area contributed by atoms with Crippen molar-refractivity contribution in [1.82, 2.24) is 4.98 Å². The number of hydrogen-bond acceptors (Lipinski definition) is 2. The zero-order valence-electron chi connectivity index (χ0n) is 7.33. The van der Waals surface area contributed by atoms with Gasteiger partial charge >= 0.3 is 0 Å². The van der Waals surface area contributed by atoms with E-state index in [0.717, 1.165) is 11.3 Å². The Balaban J connectivity index is 2.91. The molecule has 0 fully saturated rings. The van der Waals surface area contributed by atoms with Crippen molar-refractivity contribution in [3.05, 3.63) is 24.0 Å². The van der Waals surface area contributed by atoms with E-state index in [1.807, 2.05) is 6.07 Å². The first-order chi connectivity index (χ1) is 5.74. The molecule has 0 atom stereocenters. The fourth-order valence-corrected chi connectivity index (χ4v) is 0.946. The third kappa shape index (κ3) is 2.00. The van der Waals surface area contributed by atoms with E-state index in [9.17, 15) is 0 Å². The van der Waals surface area contributed by atoms with Crippen LogP contribution in [0, 0.1) is 12.3 Å². The molecule has 0 amide bonds. The molecule has 0 unspecified atom stereocenters. The van der Waals surface area contributed by atoms with E-state index in [2.05, 4.69) is 30.1 Å². The van der Waals surface area contributed by atoms with E-state index in [-0.39, 0.29) is 0 Å². The zero-order chi connectivity index (χ0) is 8.97. The van der Waals surface area contributed by atoms with Crippen LogP contribution in [-0.2, 0) is 0 Å². The van der Waals surface area contributed by atoms with Crippen molar-refractivity contribution in [2.45, 2.75) is 19.9 Å². The average molecular weight is 160 g/mol. The molecule has 2 nitrogen and oxygen atoms in total. The Bertz CT molecular complexity index is 297. The highest BCUT2D eigenvalue weighted by molar-refractivity contribution is 5.57. The summed E-state index contributed by atoms with van der Waals surface area (Å²) in [5.41, 5.74) is 1.79. The Morgan fingerprint density at radius 1 is 1.58 bits per heavy atom. The summed E-state index contributed by atoms with van der Waals surface area (Å²) >= 11 is 0. The van der Waals surface area contributed by atoms with E-state index in [1.54, 1.807) is 12.4 Å². The molecular weight excluding hydrogens is 148 g/mol. The van der Waals surface area contributed by atoms with E-state index < -0.39 is 0 Å². The second kappa shape index (κ2) is 3.77. The number of anilines is 1. The predicted octanol–water partition coefficient (Wildman–Crippen LogP) is 1.88. The number of hydrogen-bond donors (Lipinski definition) is 1. The third-order valence-electron chi connectivity index (χ3n) is 1.42. The van der Waals surface area contributed by atoms with Gasteiger partial charge in [0, 0.05) is 18.4 Å². The first kappa shape index (κ1) is 8.61. The smallest absolute Gasteiger partial charge is 0.0657 e. The second-order valence-electron chi connectivity index (χ2n) is 2.86. The lowest BCUT2D eigenvalue weighted by Gasteiger charge is -2.10. The minimum absolute atomic E-state index is 0.388. The Kier molecular flexibility index (Phi) is 2.71. The molecule has 0 aliphatic heterocycles. The fourth-order valence-electron chi connectivity index (χ4n) is 0.946. The highest BCUT2D eigenvalue weighted by atomic mass is 14.9.